The van der Waals surface area contributed by atoms with E-state index in [9.17, 15) is 5.11 Å². The number of rotatable bonds is 5. The van der Waals surface area contributed by atoms with E-state index in [1.807, 2.05) is 12.4 Å². The van der Waals surface area contributed by atoms with Gasteiger partial charge in [0, 0.05) is 36.5 Å². The molecule has 2 aliphatic rings. The predicted octanol–water partition coefficient (Wildman–Crippen LogP) is 4.63. The fraction of sp³-hybridized carbons (Fsp3) is 0.560. The Hall–Kier alpha value is -1.75. The average Bonchev–Trinajstić information content (AvgIpc) is 3.13. The minimum atomic E-state index is -1.09. The van der Waals surface area contributed by atoms with Crippen LogP contribution in [0.15, 0.2) is 42.7 Å². The number of aliphatic hydroxyl groups is 1. The van der Waals surface area contributed by atoms with Gasteiger partial charge >= 0.3 is 0 Å². The van der Waals surface area contributed by atoms with E-state index in [0.29, 0.717) is 5.92 Å². The van der Waals surface area contributed by atoms with E-state index in [-0.39, 0.29) is 17.6 Å². The van der Waals surface area contributed by atoms with E-state index in [1.165, 1.54) is 5.56 Å². The summed E-state index contributed by atoms with van der Waals surface area (Å²) in [4.78, 5) is 6.79. The molecule has 29 heavy (non-hydrogen) atoms. The molecule has 0 radical (unpaired) electrons. The van der Waals surface area contributed by atoms with Gasteiger partial charge in [-0.05, 0) is 55.5 Å². The van der Waals surface area contributed by atoms with Crippen LogP contribution in [-0.2, 0) is 10.3 Å². The lowest BCUT2D eigenvalue weighted by Gasteiger charge is -2.56. The topological polar surface area (TPSA) is 45.6 Å². The standard InChI is InChI=1S/C25H34N2O2/c1-17(2)19-7-9-21(10-8-19)25(28,24(4)15-27(5)16-24)22-12-20(13-26-14-22)23-11-6-18(3)29-23/h7-10,12-14,17-18,23,28H,6,11,15-16H2,1-5H3/t18?,23?,25-/m0/s1. The minimum absolute atomic E-state index is 0.0712. The number of hydrogen-bond donors (Lipinski definition) is 1. The van der Waals surface area contributed by atoms with Gasteiger partial charge in [-0.15, -0.1) is 0 Å². The maximum Gasteiger partial charge on any atom is 0.124 e. The molecule has 0 bridgehead atoms. The van der Waals surface area contributed by atoms with Crippen molar-refractivity contribution >= 4 is 0 Å². The van der Waals surface area contributed by atoms with Gasteiger partial charge in [-0.25, -0.2) is 0 Å². The molecule has 4 nitrogen and oxygen atoms in total. The van der Waals surface area contributed by atoms with Gasteiger partial charge in [-0.1, -0.05) is 45.0 Å². The molecule has 2 fully saturated rings. The smallest absolute Gasteiger partial charge is 0.124 e. The summed E-state index contributed by atoms with van der Waals surface area (Å²) in [6, 6.07) is 10.6. The van der Waals surface area contributed by atoms with Crippen LogP contribution in [0.1, 0.15) is 74.8 Å². The maximum absolute atomic E-state index is 12.3. The molecule has 2 aromatic rings. The lowest BCUT2D eigenvalue weighted by Crippen LogP contribution is -2.63. The van der Waals surface area contributed by atoms with Gasteiger partial charge in [0.2, 0.25) is 0 Å². The third-order valence-corrected chi connectivity index (χ3v) is 6.89. The summed E-state index contributed by atoms with van der Waals surface area (Å²) < 4.78 is 6.08. The number of pyridine rings is 1. The third-order valence-electron chi connectivity index (χ3n) is 6.89. The summed E-state index contributed by atoms with van der Waals surface area (Å²) in [7, 11) is 2.10. The summed E-state index contributed by atoms with van der Waals surface area (Å²) in [6.45, 7) is 10.4. The lowest BCUT2D eigenvalue weighted by molar-refractivity contribution is -0.127. The number of ether oxygens (including phenoxy) is 1. The van der Waals surface area contributed by atoms with Crippen LogP contribution < -0.4 is 0 Å². The van der Waals surface area contributed by atoms with Crippen LogP contribution in [0.5, 0.6) is 0 Å². The molecule has 0 spiro atoms. The van der Waals surface area contributed by atoms with Gasteiger partial charge < -0.3 is 14.7 Å². The normalized spacial score (nSPS) is 26.3. The number of benzene rings is 1. The van der Waals surface area contributed by atoms with E-state index < -0.39 is 5.60 Å². The van der Waals surface area contributed by atoms with Crippen LogP contribution in [-0.4, -0.2) is 41.2 Å². The summed E-state index contributed by atoms with van der Waals surface area (Å²) in [5.41, 5.74) is 2.80. The van der Waals surface area contributed by atoms with Crippen molar-refractivity contribution in [3.63, 3.8) is 0 Å². The zero-order chi connectivity index (χ0) is 20.8. The van der Waals surface area contributed by atoms with Crippen molar-refractivity contribution in [2.75, 3.05) is 20.1 Å². The van der Waals surface area contributed by atoms with Crippen LogP contribution in [0.25, 0.3) is 0 Å². The monoisotopic (exact) mass is 394 g/mol. The van der Waals surface area contributed by atoms with Crippen LogP contribution >= 0.6 is 0 Å². The van der Waals surface area contributed by atoms with Crippen molar-refractivity contribution in [1.82, 2.24) is 9.88 Å². The molecule has 156 valence electrons. The summed E-state index contributed by atoms with van der Waals surface area (Å²) in [5, 5.41) is 12.3. The van der Waals surface area contributed by atoms with Crippen LogP contribution in [0, 0.1) is 5.41 Å². The van der Waals surface area contributed by atoms with E-state index in [0.717, 1.165) is 42.6 Å². The molecule has 3 heterocycles. The zero-order valence-electron chi connectivity index (χ0n) is 18.4. The molecule has 0 amide bonds. The number of likely N-dealkylation sites (tertiary alicyclic amines) is 1. The fourth-order valence-electron chi connectivity index (χ4n) is 5.23. The second kappa shape index (κ2) is 7.50. The second-order valence-electron chi connectivity index (χ2n) is 9.74. The molecule has 2 aliphatic heterocycles. The van der Waals surface area contributed by atoms with E-state index in [4.69, 9.17) is 4.74 Å². The molecular weight excluding hydrogens is 360 g/mol. The molecule has 1 N–H and O–H groups in total. The SMILES string of the molecule is CC1CCC(c2cncc([C@@](O)(c3ccc(C(C)C)cc3)C3(C)CN(C)C3)c2)O1. The number of aromatic nitrogens is 1. The molecule has 3 atom stereocenters. The highest BCUT2D eigenvalue weighted by Crippen LogP contribution is 2.50. The van der Waals surface area contributed by atoms with Crippen molar-refractivity contribution in [3.05, 3.63) is 65.0 Å². The molecule has 0 saturated carbocycles. The van der Waals surface area contributed by atoms with E-state index >= 15 is 0 Å². The van der Waals surface area contributed by atoms with Gasteiger partial charge in [0.05, 0.1) is 12.2 Å². The first kappa shape index (κ1) is 20.5. The summed E-state index contributed by atoms with van der Waals surface area (Å²) in [5.74, 6) is 0.467. The number of hydrogen-bond acceptors (Lipinski definition) is 4. The first-order chi connectivity index (χ1) is 13.7. The molecule has 4 heteroatoms. The van der Waals surface area contributed by atoms with Gasteiger partial charge in [-0.2, -0.15) is 0 Å². The van der Waals surface area contributed by atoms with Crippen molar-refractivity contribution < 1.29 is 9.84 Å². The summed E-state index contributed by atoms with van der Waals surface area (Å²) in [6.07, 6.45) is 6.16. The third kappa shape index (κ3) is 3.52. The minimum Gasteiger partial charge on any atom is -0.380 e. The molecule has 1 aromatic carbocycles. The Kier molecular flexibility index (Phi) is 5.30. The van der Waals surface area contributed by atoms with Crippen LogP contribution in [0.4, 0.5) is 0 Å². The van der Waals surface area contributed by atoms with Gasteiger partial charge in [0.1, 0.15) is 5.60 Å². The van der Waals surface area contributed by atoms with E-state index in [2.05, 4.69) is 75.0 Å². The Balaban J connectivity index is 1.77. The van der Waals surface area contributed by atoms with Crippen molar-refractivity contribution in [1.29, 1.82) is 0 Å². The van der Waals surface area contributed by atoms with Crippen LogP contribution in [0.2, 0.25) is 0 Å². The molecule has 4 rings (SSSR count). The molecule has 1 aromatic heterocycles. The Morgan fingerprint density at radius 2 is 1.83 bits per heavy atom. The van der Waals surface area contributed by atoms with Crippen LogP contribution in [0.3, 0.4) is 0 Å². The van der Waals surface area contributed by atoms with Gasteiger partial charge in [0.25, 0.3) is 0 Å². The predicted molar refractivity (Wildman–Crippen MR) is 116 cm³/mol. The Morgan fingerprint density at radius 1 is 1.14 bits per heavy atom. The Morgan fingerprint density at radius 3 is 2.38 bits per heavy atom. The molecule has 2 unspecified atom stereocenters. The highest BCUT2D eigenvalue weighted by molar-refractivity contribution is 5.42. The lowest BCUT2D eigenvalue weighted by atomic mass is 9.62. The van der Waals surface area contributed by atoms with Gasteiger partial charge in [-0.3, -0.25) is 4.98 Å². The van der Waals surface area contributed by atoms with E-state index in [1.54, 1.807) is 0 Å². The average molecular weight is 395 g/mol. The summed E-state index contributed by atoms with van der Waals surface area (Å²) >= 11 is 0. The van der Waals surface area contributed by atoms with Crippen molar-refractivity contribution in [2.45, 2.75) is 64.3 Å². The first-order valence-corrected chi connectivity index (χ1v) is 10.9. The largest absolute Gasteiger partial charge is 0.380 e. The quantitative estimate of drug-likeness (QED) is 0.803. The maximum atomic E-state index is 12.3. The van der Waals surface area contributed by atoms with Crippen molar-refractivity contribution in [3.8, 4) is 0 Å². The molecule has 0 aliphatic carbocycles. The van der Waals surface area contributed by atoms with Crippen molar-refractivity contribution in [2.24, 2.45) is 5.41 Å². The fourth-order valence-corrected chi connectivity index (χ4v) is 5.23. The Bertz CT molecular complexity index is 857. The van der Waals surface area contributed by atoms with Gasteiger partial charge in [0.15, 0.2) is 0 Å². The highest BCUT2D eigenvalue weighted by Gasteiger charge is 2.55. The highest BCUT2D eigenvalue weighted by atomic mass is 16.5. The zero-order valence-corrected chi connectivity index (χ0v) is 18.4. The Labute approximate surface area is 174 Å². The molecule has 2 saturated heterocycles. The second-order valence-corrected chi connectivity index (χ2v) is 9.74. The first-order valence-electron chi connectivity index (χ1n) is 10.9. The molecular formula is C25H34N2O2. The number of nitrogens with zero attached hydrogens (tertiary/aromatic N) is 2.